The van der Waals surface area contributed by atoms with E-state index in [4.69, 9.17) is 9.47 Å². The summed E-state index contributed by atoms with van der Waals surface area (Å²) >= 11 is 0. The third-order valence-corrected chi connectivity index (χ3v) is 12.5. The molecule has 1 fully saturated rings. The highest BCUT2D eigenvalue weighted by Gasteiger charge is 2.44. The molecular weight excluding hydrogens is 827 g/mol. The van der Waals surface area contributed by atoms with Crippen molar-refractivity contribution in [2.75, 3.05) is 13.2 Å². The van der Waals surface area contributed by atoms with Crippen LogP contribution in [0.1, 0.15) is 226 Å². The van der Waals surface area contributed by atoms with Gasteiger partial charge in [0.15, 0.2) is 6.29 Å². The molecule has 0 aromatic rings. The molecular formula is C57H101NO8. The third kappa shape index (κ3) is 35.7. The van der Waals surface area contributed by atoms with Crippen molar-refractivity contribution in [1.29, 1.82) is 0 Å². The lowest BCUT2D eigenvalue weighted by atomic mass is 9.99. The van der Waals surface area contributed by atoms with Crippen molar-refractivity contribution >= 4 is 5.91 Å². The zero-order valence-corrected chi connectivity index (χ0v) is 42.2. The number of aliphatic hydroxyl groups is 5. The maximum Gasteiger partial charge on any atom is 0.220 e. The van der Waals surface area contributed by atoms with Crippen LogP contribution in [0.2, 0.25) is 0 Å². The van der Waals surface area contributed by atoms with Crippen LogP contribution in [0.15, 0.2) is 72.9 Å². The van der Waals surface area contributed by atoms with Crippen LogP contribution in [0.4, 0.5) is 0 Å². The Balaban J connectivity index is 2.11. The van der Waals surface area contributed by atoms with Gasteiger partial charge in [0.2, 0.25) is 5.91 Å². The summed E-state index contributed by atoms with van der Waals surface area (Å²) in [6, 6.07) is -0.828. The van der Waals surface area contributed by atoms with Crippen LogP contribution < -0.4 is 5.32 Å². The molecule has 0 bridgehead atoms. The topological polar surface area (TPSA) is 149 Å². The second-order valence-electron chi connectivity index (χ2n) is 18.6. The number of ether oxygens (including phenoxy) is 2. The van der Waals surface area contributed by atoms with E-state index in [0.717, 1.165) is 64.2 Å². The Labute approximate surface area is 404 Å². The van der Waals surface area contributed by atoms with Gasteiger partial charge in [-0.1, -0.05) is 215 Å². The highest BCUT2D eigenvalue weighted by atomic mass is 16.7. The molecule has 0 spiro atoms. The summed E-state index contributed by atoms with van der Waals surface area (Å²) < 4.78 is 11.2. The normalized spacial score (nSPS) is 20.4. The minimum Gasteiger partial charge on any atom is -0.394 e. The van der Waals surface area contributed by atoms with Crippen molar-refractivity contribution in [2.24, 2.45) is 0 Å². The molecule has 7 atom stereocenters. The zero-order valence-electron chi connectivity index (χ0n) is 42.2. The molecule has 9 heteroatoms. The maximum absolute atomic E-state index is 13.0. The standard InChI is InChI=1S/C57H101NO8/c1-3-5-7-9-11-13-15-16-17-18-19-20-21-22-23-24-25-26-27-28-29-30-31-32-33-34-35-36-37-39-41-43-45-47-53(61)58-50(49-65-57-56(64)55(63)54(62)52(48-59)66-57)51(60)46-44-42-40-38-14-12-10-8-6-4-2/h6,8,14-16,18-19,21-22,38,44,46,50-52,54-57,59-60,62-64H,3-5,7,9-13,17,20,23-37,39-43,45,47-49H2,1-2H3,(H,58,61)/b8-6+,16-15-,19-18-,22-21-,38-14+,46-44+. The Bertz CT molecular complexity index is 1260. The predicted molar refractivity (Wildman–Crippen MR) is 276 cm³/mol. The smallest absolute Gasteiger partial charge is 0.220 e. The van der Waals surface area contributed by atoms with E-state index >= 15 is 0 Å². The van der Waals surface area contributed by atoms with E-state index in [1.807, 2.05) is 6.08 Å². The Morgan fingerprint density at radius 1 is 0.530 bits per heavy atom. The van der Waals surface area contributed by atoms with Crippen molar-refractivity contribution < 1.29 is 39.8 Å². The summed E-state index contributed by atoms with van der Waals surface area (Å²) in [6.45, 7) is 3.61. The largest absolute Gasteiger partial charge is 0.394 e. The molecule has 7 unspecified atom stereocenters. The van der Waals surface area contributed by atoms with Crippen molar-refractivity contribution in [1.82, 2.24) is 5.32 Å². The van der Waals surface area contributed by atoms with Gasteiger partial charge in [0.25, 0.3) is 0 Å². The van der Waals surface area contributed by atoms with E-state index in [1.54, 1.807) is 6.08 Å². The number of hydrogen-bond acceptors (Lipinski definition) is 8. The number of hydrogen-bond donors (Lipinski definition) is 6. The number of aliphatic hydroxyl groups excluding tert-OH is 5. The highest BCUT2D eigenvalue weighted by Crippen LogP contribution is 2.23. The van der Waals surface area contributed by atoms with Crippen LogP contribution in [0.5, 0.6) is 0 Å². The van der Waals surface area contributed by atoms with Crippen LogP contribution in [-0.2, 0) is 14.3 Å². The van der Waals surface area contributed by atoms with Crippen LogP contribution in [0, 0.1) is 0 Å². The minimum absolute atomic E-state index is 0.194. The van der Waals surface area contributed by atoms with Gasteiger partial charge in [-0.25, -0.2) is 0 Å². The van der Waals surface area contributed by atoms with Gasteiger partial charge in [-0.2, -0.15) is 0 Å². The first kappa shape index (κ1) is 61.6. The first-order chi connectivity index (χ1) is 32.3. The number of allylic oxidation sites excluding steroid dienone is 11. The average molecular weight is 928 g/mol. The van der Waals surface area contributed by atoms with Crippen molar-refractivity contribution in [3.63, 3.8) is 0 Å². The van der Waals surface area contributed by atoms with E-state index in [1.165, 1.54) is 141 Å². The lowest BCUT2D eigenvalue weighted by Crippen LogP contribution is -2.60. The van der Waals surface area contributed by atoms with E-state index in [2.05, 4.69) is 79.9 Å². The number of carbonyl (C=O) groups is 1. The molecule has 1 saturated heterocycles. The van der Waals surface area contributed by atoms with Crippen LogP contribution in [-0.4, -0.2) is 87.5 Å². The number of rotatable bonds is 45. The molecule has 1 aliphatic rings. The van der Waals surface area contributed by atoms with Gasteiger partial charge in [0, 0.05) is 6.42 Å². The number of amides is 1. The van der Waals surface area contributed by atoms with Gasteiger partial charge < -0.3 is 40.3 Å². The Hall–Kier alpha value is -2.37. The number of nitrogens with one attached hydrogen (secondary N) is 1. The molecule has 382 valence electrons. The average Bonchev–Trinajstić information content (AvgIpc) is 3.32. The molecule has 66 heavy (non-hydrogen) atoms. The van der Waals surface area contributed by atoms with Crippen molar-refractivity contribution in [2.45, 2.75) is 269 Å². The van der Waals surface area contributed by atoms with Gasteiger partial charge in [-0.05, 0) is 77.0 Å². The molecule has 0 aromatic carbocycles. The molecule has 1 amide bonds. The SMILES string of the molecule is CC/C=C/CC/C=C/CC/C=C/C(O)C(COC1OC(CO)C(O)C(O)C1O)NC(=O)CCCCCCCCCCCCCCCCCCCC/C=C\C/C=C\C/C=C\CCCCCCC. The highest BCUT2D eigenvalue weighted by molar-refractivity contribution is 5.76. The number of carbonyl (C=O) groups excluding carboxylic acids is 1. The Morgan fingerprint density at radius 3 is 1.44 bits per heavy atom. The zero-order chi connectivity index (χ0) is 48.0. The molecule has 0 aromatic heterocycles. The minimum atomic E-state index is -1.57. The van der Waals surface area contributed by atoms with Gasteiger partial charge >= 0.3 is 0 Å². The lowest BCUT2D eigenvalue weighted by Gasteiger charge is -2.40. The molecule has 0 saturated carbocycles. The second kappa shape index (κ2) is 46.4. The third-order valence-electron chi connectivity index (χ3n) is 12.5. The first-order valence-corrected chi connectivity index (χ1v) is 27.2. The molecule has 1 rings (SSSR count). The molecule has 0 radical (unpaired) electrons. The molecule has 0 aliphatic carbocycles. The first-order valence-electron chi connectivity index (χ1n) is 27.2. The van der Waals surface area contributed by atoms with Crippen LogP contribution >= 0.6 is 0 Å². The van der Waals surface area contributed by atoms with Crippen LogP contribution in [0.3, 0.4) is 0 Å². The second-order valence-corrected chi connectivity index (χ2v) is 18.6. The summed E-state index contributed by atoms with van der Waals surface area (Å²) in [5.41, 5.74) is 0. The predicted octanol–water partition coefficient (Wildman–Crippen LogP) is 12.9. The summed E-state index contributed by atoms with van der Waals surface area (Å²) in [6.07, 6.45) is 57.1. The van der Waals surface area contributed by atoms with E-state index in [-0.39, 0.29) is 12.5 Å². The van der Waals surface area contributed by atoms with Gasteiger partial charge in [0.1, 0.15) is 24.4 Å². The summed E-state index contributed by atoms with van der Waals surface area (Å²) in [5.74, 6) is -0.194. The van der Waals surface area contributed by atoms with Crippen molar-refractivity contribution in [3.8, 4) is 0 Å². The summed E-state index contributed by atoms with van der Waals surface area (Å²) in [7, 11) is 0. The Morgan fingerprint density at radius 2 is 0.955 bits per heavy atom. The summed E-state index contributed by atoms with van der Waals surface area (Å²) in [4.78, 5) is 13.0. The lowest BCUT2D eigenvalue weighted by molar-refractivity contribution is -0.302. The quantitative estimate of drug-likeness (QED) is 0.0261. The fourth-order valence-corrected chi connectivity index (χ4v) is 8.20. The van der Waals surface area contributed by atoms with Gasteiger partial charge in [-0.15, -0.1) is 0 Å². The van der Waals surface area contributed by atoms with E-state index in [9.17, 15) is 30.3 Å². The van der Waals surface area contributed by atoms with Gasteiger partial charge in [-0.3, -0.25) is 4.79 Å². The fourth-order valence-electron chi connectivity index (χ4n) is 8.20. The molecule has 9 nitrogen and oxygen atoms in total. The van der Waals surface area contributed by atoms with Crippen molar-refractivity contribution in [3.05, 3.63) is 72.9 Å². The summed E-state index contributed by atoms with van der Waals surface area (Å²) in [5, 5.41) is 54.1. The van der Waals surface area contributed by atoms with E-state index in [0.29, 0.717) is 6.42 Å². The van der Waals surface area contributed by atoms with E-state index < -0.39 is 49.5 Å². The number of unbranched alkanes of at least 4 members (excludes halogenated alkanes) is 25. The van der Waals surface area contributed by atoms with Crippen LogP contribution in [0.25, 0.3) is 0 Å². The fraction of sp³-hybridized carbons (Fsp3) is 0.772. The molecule has 1 aliphatic heterocycles. The molecule has 1 heterocycles. The van der Waals surface area contributed by atoms with Gasteiger partial charge in [0.05, 0.1) is 25.4 Å². The Kier molecular flexibility index (Phi) is 43.3. The maximum atomic E-state index is 13.0. The molecule has 6 N–H and O–H groups in total. The monoisotopic (exact) mass is 928 g/mol.